The number of benzene rings is 1. The molecule has 9 heteroatoms. The first-order valence-electron chi connectivity index (χ1n) is 7.27. The molecule has 0 radical (unpaired) electrons. The molecule has 2 aromatic heterocycles. The molecule has 0 aliphatic carbocycles. The predicted molar refractivity (Wildman–Crippen MR) is 91.0 cm³/mol. The highest BCUT2D eigenvalue weighted by atomic mass is 35.5. The van der Waals surface area contributed by atoms with Crippen LogP contribution < -0.4 is 5.32 Å². The lowest BCUT2D eigenvalue weighted by Crippen LogP contribution is -2.11. The van der Waals surface area contributed by atoms with Crippen molar-refractivity contribution in [2.45, 2.75) is 16.5 Å². The van der Waals surface area contributed by atoms with Gasteiger partial charge in [0.1, 0.15) is 5.82 Å². The van der Waals surface area contributed by atoms with Crippen LogP contribution >= 0.6 is 11.6 Å². The highest BCUT2D eigenvalue weighted by Gasteiger charge is 2.26. The Morgan fingerprint density at radius 1 is 1.28 bits per heavy atom. The van der Waals surface area contributed by atoms with Crippen molar-refractivity contribution in [2.24, 2.45) is 0 Å². The van der Waals surface area contributed by atoms with Crippen molar-refractivity contribution in [3.63, 3.8) is 0 Å². The second kappa shape index (κ2) is 6.91. The Morgan fingerprint density at radius 2 is 2.08 bits per heavy atom. The smallest absolute Gasteiger partial charge is 0.225 e. The molecule has 0 saturated carbocycles. The van der Waals surface area contributed by atoms with E-state index in [1.165, 1.54) is 42.7 Å². The Balaban J connectivity index is 2.25. The van der Waals surface area contributed by atoms with Gasteiger partial charge in [-0.15, -0.1) is 0 Å². The lowest BCUT2D eigenvalue weighted by molar-refractivity contribution is 0.584. The van der Waals surface area contributed by atoms with Crippen LogP contribution in [-0.2, 0) is 16.4 Å². The van der Waals surface area contributed by atoms with Gasteiger partial charge in [-0.1, -0.05) is 11.6 Å². The van der Waals surface area contributed by atoms with E-state index in [2.05, 4.69) is 15.4 Å². The third kappa shape index (κ3) is 3.41. The Hall–Kier alpha value is -2.29. The van der Waals surface area contributed by atoms with E-state index in [1.54, 1.807) is 7.05 Å². The molecule has 6 nitrogen and oxygen atoms in total. The van der Waals surface area contributed by atoms with Crippen molar-refractivity contribution in [2.75, 3.05) is 7.05 Å². The van der Waals surface area contributed by atoms with Gasteiger partial charge in [0.15, 0.2) is 5.03 Å². The minimum atomic E-state index is -3.92. The van der Waals surface area contributed by atoms with Crippen LogP contribution in [0.5, 0.6) is 0 Å². The first kappa shape index (κ1) is 17.5. The summed E-state index contributed by atoms with van der Waals surface area (Å²) in [4.78, 5) is 3.86. The fourth-order valence-corrected chi connectivity index (χ4v) is 3.87. The average Bonchev–Trinajstić information content (AvgIpc) is 3.03. The quantitative estimate of drug-likeness (QED) is 0.736. The van der Waals surface area contributed by atoms with E-state index in [1.807, 2.05) is 0 Å². The molecule has 2 heterocycles. The third-order valence-electron chi connectivity index (χ3n) is 3.44. The van der Waals surface area contributed by atoms with Crippen LogP contribution in [0.25, 0.3) is 5.69 Å². The predicted octanol–water partition coefficient (Wildman–Crippen LogP) is 2.61. The van der Waals surface area contributed by atoms with E-state index in [9.17, 15) is 12.8 Å². The van der Waals surface area contributed by atoms with Crippen LogP contribution in [0.4, 0.5) is 4.39 Å². The van der Waals surface area contributed by atoms with Gasteiger partial charge in [0.2, 0.25) is 9.84 Å². The van der Waals surface area contributed by atoms with Gasteiger partial charge < -0.3 is 5.32 Å². The molecule has 0 bridgehead atoms. The molecule has 0 aliphatic heterocycles. The Kier molecular flexibility index (Phi) is 4.85. The summed E-state index contributed by atoms with van der Waals surface area (Å²) in [6.07, 6.45) is 2.73. The van der Waals surface area contributed by atoms with Crippen molar-refractivity contribution >= 4 is 21.4 Å². The Labute approximate surface area is 149 Å². The highest BCUT2D eigenvalue weighted by Crippen LogP contribution is 2.28. The Morgan fingerprint density at radius 3 is 2.76 bits per heavy atom. The van der Waals surface area contributed by atoms with E-state index in [-0.39, 0.29) is 20.6 Å². The minimum absolute atomic E-state index is 0.0136. The van der Waals surface area contributed by atoms with E-state index in [4.69, 9.17) is 11.6 Å². The SMILES string of the molecule is CNCc1cc(S(=O)(=O)c2cccnc2)n(-c2cc(F)ccc2Cl)n1. The van der Waals surface area contributed by atoms with E-state index in [0.717, 1.165) is 10.7 Å². The second-order valence-corrected chi connectivity index (χ2v) is 7.51. The lowest BCUT2D eigenvalue weighted by atomic mass is 10.3. The molecule has 0 spiro atoms. The number of hydrogen-bond acceptors (Lipinski definition) is 5. The number of sulfone groups is 1. The molecule has 0 aliphatic rings. The largest absolute Gasteiger partial charge is 0.314 e. The van der Waals surface area contributed by atoms with E-state index in [0.29, 0.717) is 12.2 Å². The van der Waals surface area contributed by atoms with Crippen LogP contribution in [0, 0.1) is 5.82 Å². The molecular weight excluding hydrogens is 367 g/mol. The number of nitrogens with one attached hydrogen (secondary N) is 1. The molecule has 0 fully saturated rings. The van der Waals surface area contributed by atoms with Crippen LogP contribution in [0.15, 0.2) is 58.7 Å². The summed E-state index contributed by atoms with van der Waals surface area (Å²) in [5.41, 5.74) is 0.622. The van der Waals surface area contributed by atoms with Crippen molar-refractivity contribution in [1.29, 1.82) is 0 Å². The first-order valence-corrected chi connectivity index (χ1v) is 9.13. The molecular formula is C16H14ClFN4O2S. The van der Waals surface area contributed by atoms with Gasteiger partial charge in [-0.25, -0.2) is 17.5 Å². The third-order valence-corrected chi connectivity index (χ3v) is 5.46. The van der Waals surface area contributed by atoms with Crippen LogP contribution in [0.2, 0.25) is 5.02 Å². The zero-order valence-electron chi connectivity index (χ0n) is 13.1. The number of nitrogens with zero attached hydrogens (tertiary/aromatic N) is 3. The van der Waals surface area contributed by atoms with Gasteiger partial charge in [-0.2, -0.15) is 5.10 Å². The number of pyridine rings is 1. The summed E-state index contributed by atoms with van der Waals surface area (Å²) in [7, 11) is -2.20. The summed E-state index contributed by atoms with van der Waals surface area (Å²) < 4.78 is 40.8. The van der Waals surface area contributed by atoms with E-state index < -0.39 is 15.7 Å². The van der Waals surface area contributed by atoms with Gasteiger partial charge in [0.05, 0.1) is 21.3 Å². The molecule has 1 N–H and O–H groups in total. The number of aromatic nitrogens is 3. The second-order valence-electron chi connectivity index (χ2n) is 5.20. The van der Waals surface area contributed by atoms with Gasteiger partial charge in [-0.3, -0.25) is 4.98 Å². The number of rotatable bonds is 5. The van der Waals surface area contributed by atoms with Gasteiger partial charge >= 0.3 is 0 Å². The minimum Gasteiger partial charge on any atom is -0.314 e. The summed E-state index contributed by atoms with van der Waals surface area (Å²) in [6, 6.07) is 8.08. The van der Waals surface area contributed by atoms with Gasteiger partial charge in [0, 0.05) is 31.1 Å². The topological polar surface area (TPSA) is 76.9 Å². The lowest BCUT2D eigenvalue weighted by Gasteiger charge is -2.10. The molecule has 0 unspecified atom stereocenters. The molecule has 130 valence electrons. The molecule has 25 heavy (non-hydrogen) atoms. The fourth-order valence-electron chi connectivity index (χ4n) is 2.32. The summed E-state index contributed by atoms with van der Waals surface area (Å²) in [6.45, 7) is 0.343. The summed E-state index contributed by atoms with van der Waals surface area (Å²) in [5.74, 6) is -0.546. The molecule has 1 aromatic carbocycles. The molecule has 3 rings (SSSR count). The molecule has 0 saturated heterocycles. The van der Waals surface area contributed by atoms with Crippen LogP contribution in [-0.4, -0.2) is 30.2 Å². The molecule has 0 amide bonds. The molecule has 3 aromatic rings. The molecule has 0 atom stereocenters. The van der Waals surface area contributed by atoms with Gasteiger partial charge in [0.25, 0.3) is 0 Å². The number of halogens is 2. The van der Waals surface area contributed by atoms with Crippen molar-refractivity contribution in [3.8, 4) is 5.69 Å². The first-order chi connectivity index (χ1) is 11.9. The summed E-state index contributed by atoms with van der Waals surface area (Å²) in [5, 5.41) is 7.24. The zero-order chi connectivity index (χ0) is 18.0. The van der Waals surface area contributed by atoms with Crippen LogP contribution in [0.1, 0.15) is 5.69 Å². The average molecular weight is 381 g/mol. The Bertz CT molecular complexity index is 1010. The monoisotopic (exact) mass is 380 g/mol. The maximum Gasteiger partial charge on any atom is 0.225 e. The van der Waals surface area contributed by atoms with Crippen LogP contribution in [0.3, 0.4) is 0 Å². The maximum absolute atomic E-state index is 13.7. The van der Waals surface area contributed by atoms with Crippen molar-refractivity contribution < 1.29 is 12.8 Å². The summed E-state index contributed by atoms with van der Waals surface area (Å²) >= 11 is 6.13. The van der Waals surface area contributed by atoms with Crippen molar-refractivity contribution in [1.82, 2.24) is 20.1 Å². The number of hydrogen-bond donors (Lipinski definition) is 1. The zero-order valence-corrected chi connectivity index (χ0v) is 14.7. The normalized spacial score (nSPS) is 11.6. The fraction of sp³-hybridized carbons (Fsp3) is 0.125. The van der Waals surface area contributed by atoms with E-state index >= 15 is 0 Å². The van der Waals surface area contributed by atoms with Gasteiger partial charge in [-0.05, 0) is 31.3 Å². The highest BCUT2D eigenvalue weighted by molar-refractivity contribution is 7.91. The maximum atomic E-state index is 13.7. The van der Waals surface area contributed by atoms with Crippen molar-refractivity contribution in [3.05, 3.63) is 65.3 Å². The standard InChI is InChI=1S/C16H14ClFN4O2S/c1-19-9-12-8-16(25(23,24)13-3-2-6-20-10-13)22(21-12)15-7-11(18)4-5-14(15)17/h2-8,10,19H,9H2,1H3.